The van der Waals surface area contributed by atoms with Crippen LogP contribution in [0.2, 0.25) is 0 Å². The van der Waals surface area contributed by atoms with Crippen LogP contribution in [0.3, 0.4) is 0 Å². The van der Waals surface area contributed by atoms with Crippen LogP contribution in [0.5, 0.6) is 0 Å². The second kappa shape index (κ2) is 10.2. The maximum absolute atomic E-state index is 13.5. The van der Waals surface area contributed by atoms with Gasteiger partial charge < -0.3 is 4.90 Å². The number of amides is 1. The lowest BCUT2D eigenvalue weighted by Gasteiger charge is -2.27. The van der Waals surface area contributed by atoms with Crippen LogP contribution in [0.25, 0.3) is 12.2 Å². The Morgan fingerprint density at radius 3 is 2.10 bits per heavy atom. The molecule has 2 aromatic rings. The number of nitrogens with zero attached hydrogens (tertiary/aromatic N) is 1. The van der Waals surface area contributed by atoms with Gasteiger partial charge in [0.15, 0.2) is 0 Å². The first-order chi connectivity index (χ1) is 15.3. The number of hydrogen-bond acceptors (Lipinski definition) is 1. The van der Waals surface area contributed by atoms with Gasteiger partial charge in [-0.1, -0.05) is 121 Å². The fourth-order valence-corrected chi connectivity index (χ4v) is 3.62. The Labute approximate surface area is 184 Å². The van der Waals surface area contributed by atoms with Crippen molar-refractivity contribution in [2.45, 2.75) is 13.0 Å². The largest absolute Gasteiger partial charge is 0.307 e. The number of allylic oxidation sites excluding steroid dienone is 11. The van der Waals surface area contributed by atoms with Gasteiger partial charge in [0, 0.05) is 0 Å². The molecule has 0 aromatic heterocycles. The number of fused-ring (bicyclic) bond motifs is 2. The molecule has 1 heterocycles. The van der Waals surface area contributed by atoms with Gasteiger partial charge in [0.05, 0.1) is 18.7 Å². The molecule has 0 bridgehead atoms. The molecule has 0 saturated carbocycles. The minimum Gasteiger partial charge on any atom is -0.307 e. The lowest BCUT2D eigenvalue weighted by atomic mass is 10.00. The number of para-hydroxylation sites is 1. The molecular formula is C29H25NO. The van der Waals surface area contributed by atoms with E-state index in [9.17, 15) is 4.79 Å². The minimum atomic E-state index is 0.0772. The van der Waals surface area contributed by atoms with Gasteiger partial charge >= 0.3 is 0 Å². The topological polar surface area (TPSA) is 20.3 Å². The number of carbonyl (C=O) groups excluding carboxylic acids is 1. The van der Waals surface area contributed by atoms with Crippen molar-refractivity contribution >= 4 is 23.7 Å². The Bertz CT molecular complexity index is 1150. The van der Waals surface area contributed by atoms with Gasteiger partial charge in [-0.25, -0.2) is 0 Å². The lowest BCUT2D eigenvalue weighted by molar-refractivity contribution is -0.118. The SMILES string of the molecule is O=C(CC1=C\C=C/C=C\C=C/C=C\C=C1)N1Cc2ccccc2/C=C\c2ccccc21. The molecule has 2 aliphatic rings. The zero-order valence-electron chi connectivity index (χ0n) is 17.4. The number of rotatable bonds is 2. The zero-order chi connectivity index (χ0) is 21.3. The van der Waals surface area contributed by atoms with Crippen molar-refractivity contribution in [2.75, 3.05) is 4.90 Å². The fourth-order valence-electron chi connectivity index (χ4n) is 3.62. The van der Waals surface area contributed by atoms with Gasteiger partial charge in [0.1, 0.15) is 0 Å². The predicted octanol–water partition coefficient (Wildman–Crippen LogP) is 6.81. The third-order valence-corrected chi connectivity index (χ3v) is 5.22. The van der Waals surface area contributed by atoms with E-state index in [2.05, 4.69) is 30.4 Å². The first-order valence-corrected chi connectivity index (χ1v) is 10.5. The summed E-state index contributed by atoms with van der Waals surface area (Å²) in [5.74, 6) is 0.0772. The van der Waals surface area contributed by atoms with E-state index in [1.165, 1.54) is 0 Å². The summed E-state index contributed by atoms with van der Waals surface area (Å²) in [5, 5.41) is 0. The number of carbonyl (C=O) groups is 1. The summed E-state index contributed by atoms with van der Waals surface area (Å²) in [7, 11) is 0. The maximum Gasteiger partial charge on any atom is 0.231 e. The minimum absolute atomic E-state index is 0.0772. The molecular weight excluding hydrogens is 378 g/mol. The normalized spacial score (nSPS) is 20.4. The third kappa shape index (κ3) is 5.37. The monoisotopic (exact) mass is 403 g/mol. The van der Waals surface area contributed by atoms with Crippen molar-refractivity contribution in [3.8, 4) is 0 Å². The van der Waals surface area contributed by atoms with Crippen molar-refractivity contribution in [1.82, 2.24) is 0 Å². The smallest absolute Gasteiger partial charge is 0.231 e. The van der Waals surface area contributed by atoms with E-state index in [0.717, 1.165) is 28.0 Å². The van der Waals surface area contributed by atoms with E-state index in [0.29, 0.717) is 13.0 Å². The number of hydrogen-bond donors (Lipinski definition) is 0. The van der Waals surface area contributed by atoms with Crippen molar-refractivity contribution in [3.63, 3.8) is 0 Å². The Balaban J connectivity index is 1.66. The van der Waals surface area contributed by atoms with Crippen LogP contribution in [0.1, 0.15) is 23.1 Å². The molecule has 2 nitrogen and oxygen atoms in total. The molecule has 0 radical (unpaired) electrons. The molecule has 2 aromatic carbocycles. The first kappa shape index (κ1) is 20.4. The molecule has 1 amide bonds. The Morgan fingerprint density at radius 1 is 0.677 bits per heavy atom. The molecule has 0 N–H and O–H groups in total. The number of benzene rings is 2. The second-order valence-electron chi connectivity index (χ2n) is 7.39. The molecule has 1 aliphatic heterocycles. The van der Waals surface area contributed by atoms with E-state index >= 15 is 0 Å². The molecule has 0 atom stereocenters. The van der Waals surface area contributed by atoms with Crippen LogP contribution >= 0.6 is 0 Å². The lowest BCUT2D eigenvalue weighted by Crippen LogP contribution is -2.31. The molecule has 152 valence electrons. The van der Waals surface area contributed by atoms with Crippen molar-refractivity contribution in [2.24, 2.45) is 0 Å². The van der Waals surface area contributed by atoms with Gasteiger partial charge in [-0.05, 0) is 28.3 Å². The predicted molar refractivity (Wildman–Crippen MR) is 131 cm³/mol. The molecule has 0 saturated heterocycles. The van der Waals surface area contributed by atoms with Crippen molar-refractivity contribution in [3.05, 3.63) is 138 Å². The van der Waals surface area contributed by atoms with Gasteiger partial charge in [-0.15, -0.1) is 0 Å². The molecule has 2 heteroatoms. The maximum atomic E-state index is 13.5. The third-order valence-electron chi connectivity index (χ3n) is 5.22. The molecule has 0 spiro atoms. The van der Waals surface area contributed by atoms with Crippen molar-refractivity contribution < 1.29 is 4.79 Å². The van der Waals surface area contributed by atoms with Crippen LogP contribution in [-0.4, -0.2) is 5.91 Å². The Hall–Kier alpha value is -3.91. The van der Waals surface area contributed by atoms with Gasteiger partial charge in [-0.3, -0.25) is 4.79 Å². The highest BCUT2D eigenvalue weighted by atomic mass is 16.2. The van der Waals surface area contributed by atoms with Crippen LogP contribution in [0, 0.1) is 0 Å². The highest BCUT2D eigenvalue weighted by molar-refractivity contribution is 5.98. The van der Waals surface area contributed by atoms with Crippen LogP contribution in [0.15, 0.2) is 121 Å². The standard InChI is InChI=1S/C29H25NO/c31-29(22-24-14-8-6-4-2-1-3-5-7-9-15-24)30-23-27-18-11-10-16-25(27)20-21-26-17-12-13-19-28(26)30/h1-21H,22-23H2/b2-1-,3-1?,4-2?,5-3-,6-4-,7-5?,8-6?,9-7-,14-8?,15-9?,21-20-,24-14?,24-15?. The Kier molecular flexibility index (Phi) is 6.71. The van der Waals surface area contributed by atoms with E-state index in [4.69, 9.17) is 0 Å². The van der Waals surface area contributed by atoms with Gasteiger partial charge in [0.25, 0.3) is 0 Å². The second-order valence-corrected chi connectivity index (χ2v) is 7.39. The highest BCUT2D eigenvalue weighted by Crippen LogP contribution is 2.29. The summed E-state index contributed by atoms with van der Waals surface area (Å²) in [6, 6.07) is 16.3. The molecule has 4 rings (SSSR count). The average Bonchev–Trinajstić information content (AvgIpc) is 2.77. The summed E-state index contributed by atoms with van der Waals surface area (Å²) in [4.78, 5) is 15.4. The summed E-state index contributed by atoms with van der Waals surface area (Å²) >= 11 is 0. The van der Waals surface area contributed by atoms with E-state index < -0.39 is 0 Å². The van der Waals surface area contributed by atoms with Gasteiger partial charge in [0.2, 0.25) is 5.91 Å². The van der Waals surface area contributed by atoms with Crippen LogP contribution < -0.4 is 4.90 Å². The number of anilines is 1. The highest BCUT2D eigenvalue weighted by Gasteiger charge is 2.21. The van der Waals surface area contributed by atoms with Gasteiger partial charge in [-0.2, -0.15) is 0 Å². The van der Waals surface area contributed by atoms with E-state index in [1.807, 2.05) is 102 Å². The molecule has 0 fully saturated rings. The average molecular weight is 404 g/mol. The van der Waals surface area contributed by atoms with Crippen LogP contribution in [-0.2, 0) is 11.3 Å². The summed E-state index contributed by atoms with van der Waals surface area (Å²) in [5.41, 5.74) is 5.25. The first-order valence-electron chi connectivity index (χ1n) is 10.5. The molecule has 1 aliphatic carbocycles. The molecule has 31 heavy (non-hydrogen) atoms. The summed E-state index contributed by atoms with van der Waals surface area (Å²) < 4.78 is 0. The van der Waals surface area contributed by atoms with E-state index in [-0.39, 0.29) is 5.91 Å². The summed E-state index contributed by atoms with van der Waals surface area (Å²) in [6.45, 7) is 0.552. The fraction of sp³-hybridized carbons (Fsp3) is 0.0690. The molecule has 0 unspecified atom stereocenters. The quantitative estimate of drug-likeness (QED) is 0.539. The Morgan fingerprint density at radius 2 is 1.29 bits per heavy atom. The van der Waals surface area contributed by atoms with E-state index in [1.54, 1.807) is 0 Å². The summed E-state index contributed by atoms with van der Waals surface area (Å²) in [6.07, 6.45) is 26.3. The van der Waals surface area contributed by atoms with Crippen molar-refractivity contribution in [1.29, 1.82) is 0 Å². The zero-order valence-corrected chi connectivity index (χ0v) is 17.4. The van der Waals surface area contributed by atoms with Crippen LogP contribution in [0.4, 0.5) is 5.69 Å².